The maximum absolute atomic E-state index is 12.4. The first-order chi connectivity index (χ1) is 14.5. The first kappa shape index (κ1) is 23.4. The van der Waals surface area contributed by atoms with Crippen LogP contribution in [0.1, 0.15) is 12.5 Å². The lowest BCUT2D eigenvalue weighted by Crippen LogP contribution is -2.11. The number of halogens is 3. The van der Waals surface area contributed by atoms with Crippen LogP contribution in [0.25, 0.3) is 11.1 Å². The van der Waals surface area contributed by atoms with Gasteiger partial charge in [-0.15, -0.1) is 5.10 Å². The lowest BCUT2D eigenvalue weighted by molar-refractivity contribution is -0.131. The Hall–Kier alpha value is -2.30. The zero-order valence-electron chi connectivity index (χ0n) is 16.1. The Bertz CT molecular complexity index is 1270. The van der Waals surface area contributed by atoms with Gasteiger partial charge in [0.1, 0.15) is 27.4 Å². The first-order valence-corrected chi connectivity index (χ1v) is 11.2. The summed E-state index contributed by atoms with van der Waals surface area (Å²) >= 11 is 18.3. The minimum absolute atomic E-state index is 0.0289. The lowest BCUT2D eigenvalue weighted by Gasteiger charge is -2.17. The van der Waals surface area contributed by atoms with Crippen molar-refractivity contribution < 1.29 is 27.2 Å². The molecule has 0 unspecified atom stereocenters. The van der Waals surface area contributed by atoms with Crippen molar-refractivity contribution in [2.24, 2.45) is 7.05 Å². The van der Waals surface area contributed by atoms with Gasteiger partial charge in [0.05, 0.1) is 0 Å². The van der Waals surface area contributed by atoms with Gasteiger partial charge in [-0.1, -0.05) is 59.1 Å². The molecule has 0 aliphatic rings. The molecular weight excluding hydrogens is 491 g/mol. The number of hydrogen-bond donors (Lipinski definition) is 1. The van der Waals surface area contributed by atoms with Gasteiger partial charge in [-0.2, -0.15) is 8.42 Å². The van der Waals surface area contributed by atoms with E-state index in [0.29, 0.717) is 0 Å². The highest BCUT2D eigenvalue weighted by Crippen LogP contribution is 2.42. The molecule has 0 spiro atoms. The molecule has 0 saturated heterocycles. The third kappa shape index (κ3) is 4.97. The molecule has 1 heterocycles. The number of rotatable bonds is 6. The molecule has 0 fully saturated rings. The maximum Gasteiger partial charge on any atom is 0.308 e. The van der Waals surface area contributed by atoms with Crippen molar-refractivity contribution in [3.8, 4) is 22.8 Å². The van der Waals surface area contributed by atoms with Crippen molar-refractivity contribution in [1.82, 2.24) is 9.78 Å². The molecule has 1 aromatic heterocycles. The SMILES string of the molecule is CC(=O)Oc1ccc(COc2nn(C)c(Cl)c2Cl)c(S(=O)(=O)O)c1-c1ccccc1Cl. The quantitative estimate of drug-likeness (QED) is 0.291. The molecule has 0 saturated carbocycles. The topological polar surface area (TPSA) is 108 Å². The summed E-state index contributed by atoms with van der Waals surface area (Å²) in [4.78, 5) is 11.1. The number of carbonyl (C=O) groups is 1. The van der Waals surface area contributed by atoms with E-state index in [9.17, 15) is 17.8 Å². The smallest absolute Gasteiger partial charge is 0.308 e. The van der Waals surface area contributed by atoms with Crippen molar-refractivity contribution in [2.45, 2.75) is 18.4 Å². The zero-order valence-corrected chi connectivity index (χ0v) is 19.2. The molecule has 3 rings (SSSR count). The highest BCUT2D eigenvalue weighted by Gasteiger charge is 2.28. The highest BCUT2D eigenvalue weighted by molar-refractivity contribution is 7.86. The van der Waals surface area contributed by atoms with Crippen molar-refractivity contribution >= 4 is 50.9 Å². The average Bonchev–Trinajstić information content (AvgIpc) is 2.93. The number of hydrogen-bond acceptors (Lipinski definition) is 6. The van der Waals surface area contributed by atoms with Crippen LogP contribution in [-0.2, 0) is 28.6 Å². The van der Waals surface area contributed by atoms with Crippen LogP contribution in [0.15, 0.2) is 41.3 Å². The molecule has 0 amide bonds. The third-order valence-corrected chi connectivity index (χ3v) is 6.30. The molecule has 0 bridgehead atoms. The van der Waals surface area contributed by atoms with Crippen LogP contribution in [0, 0.1) is 0 Å². The van der Waals surface area contributed by atoms with Crippen molar-refractivity contribution in [3.63, 3.8) is 0 Å². The summed E-state index contributed by atoms with van der Waals surface area (Å²) in [5.41, 5.74) is 0.189. The predicted octanol–water partition coefficient (Wildman–Crippen LogP) is 4.80. The van der Waals surface area contributed by atoms with E-state index in [1.54, 1.807) is 19.2 Å². The molecule has 1 N–H and O–H groups in total. The fraction of sp³-hybridized carbons (Fsp3) is 0.158. The van der Waals surface area contributed by atoms with Gasteiger partial charge in [0.15, 0.2) is 0 Å². The number of aryl methyl sites for hydroxylation is 1. The normalized spacial score (nSPS) is 11.4. The highest BCUT2D eigenvalue weighted by atomic mass is 35.5. The van der Waals surface area contributed by atoms with E-state index in [1.165, 1.54) is 28.9 Å². The molecule has 3 aromatic rings. The second kappa shape index (κ2) is 9.05. The monoisotopic (exact) mass is 504 g/mol. The van der Waals surface area contributed by atoms with Gasteiger partial charge in [0.25, 0.3) is 16.0 Å². The van der Waals surface area contributed by atoms with Crippen LogP contribution < -0.4 is 9.47 Å². The van der Waals surface area contributed by atoms with Crippen LogP contribution in [0.2, 0.25) is 15.2 Å². The summed E-state index contributed by atoms with van der Waals surface area (Å²) in [6.45, 7) is 0.813. The minimum atomic E-state index is -4.82. The van der Waals surface area contributed by atoms with E-state index in [0.717, 1.165) is 6.92 Å². The number of esters is 1. The molecule has 2 aromatic carbocycles. The van der Waals surface area contributed by atoms with Crippen molar-refractivity contribution in [1.29, 1.82) is 0 Å². The van der Waals surface area contributed by atoms with E-state index in [4.69, 9.17) is 44.3 Å². The Morgan fingerprint density at radius 2 is 1.84 bits per heavy atom. The Balaban J connectivity index is 2.20. The molecular formula is C19H15Cl3N2O6S. The van der Waals surface area contributed by atoms with E-state index in [1.807, 2.05) is 0 Å². The van der Waals surface area contributed by atoms with Crippen LogP contribution >= 0.6 is 34.8 Å². The molecule has 0 radical (unpaired) electrons. The number of aromatic nitrogens is 2. The van der Waals surface area contributed by atoms with Crippen LogP contribution in [0.5, 0.6) is 11.6 Å². The van der Waals surface area contributed by atoms with E-state index in [-0.39, 0.29) is 50.1 Å². The zero-order chi connectivity index (χ0) is 22.9. The van der Waals surface area contributed by atoms with E-state index in [2.05, 4.69) is 5.10 Å². The molecule has 0 atom stereocenters. The standard InChI is InChI=1S/C19H15Cl3N2O6S/c1-10(25)30-14-8-7-11(9-29-19-16(21)18(22)24(2)23-19)17(31(26,27)28)15(14)12-5-3-4-6-13(12)20/h3-8H,9H2,1-2H3,(H,26,27,28). The van der Waals surface area contributed by atoms with Gasteiger partial charge >= 0.3 is 5.97 Å². The summed E-state index contributed by atoms with van der Waals surface area (Å²) in [7, 11) is -3.27. The fourth-order valence-corrected chi connectivity index (χ4v) is 4.36. The summed E-state index contributed by atoms with van der Waals surface area (Å²) in [5.74, 6) is -0.816. The van der Waals surface area contributed by atoms with Gasteiger partial charge in [-0.3, -0.25) is 14.0 Å². The number of nitrogens with zero attached hydrogens (tertiary/aromatic N) is 2. The summed E-state index contributed by atoms with van der Waals surface area (Å²) in [5, 5.41) is 4.35. The molecule has 12 heteroatoms. The van der Waals surface area contributed by atoms with Gasteiger partial charge in [-0.05, 0) is 12.1 Å². The summed E-state index contributed by atoms with van der Waals surface area (Å²) in [6, 6.07) is 9.02. The van der Waals surface area contributed by atoms with Crippen LogP contribution in [-0.4, -0.2) is 28.7 Å². The Kier molecular flexibility index (Phi) is 6.82. The Labute approximate surface area is 193 Å². The molecule has 8 nitrogen and oxygen atoms in total. The minimum Gasteiger partial charge on any atom is -0.471 e. The number of ether oxygens (including phenoxy) is 2. The van der Waals surface area contributed by atoms with Crippen molar-refractivity contribution in [3.05, 3.63) is 57.2 Å². The summed E-state index contributed by atoms with van der Waals surface area (Å²) < 4.78 is 46.8. The van der Waals surface area contributed by atoms with Gasteiger partial charge in [-0.25, -0.2) is 0 Å². The van der Waals surface area contributed by atoms with Crippen molar-refractivity contribution in [2.75, 3.05) is 0 Å². The predicted molar refractivity (Wildman–Crippen MR) is 116 cm³/mol. The third-order valence-electron chi connectivity index (χ3n) is 4.11. The van der Waals surface area contributed by atoms with E-state index < -0.39 is 21.0 Å². The van der Waals surface area contributed by atoms with Crippen LogP contribution in [0.3, 0.4) is 0 Å². The fourth-order valence-electron chi connectivity index (χ4n) is 2.87. The molecule has 164 valence electrons. The van der Waals surface area contributed by atoms with Gasteiger partial charge < -0.3 is 9.47 Å². The molecule has 0 aliphatic heterocycles. The summed E-state index contributed by atoms with van der Waals surface area (Å²) in [6.07, 6.45) is 0. The Morgan fingerprint density at radius 3 is 2.39 bits per heavy atom. The van der Waals surface area contributed by atoms with Crippen LogP contribution in [0.4, 0.5) is 0 Å². The number of benzene rings is 2. The van der Waals surface area contributed by atoms with Gasteiger partial charge in [0, 0.05) is 35.7 Å². The lowest BCUT2D eigenvalue weighted by atomic mass is 10.0. The molecule has 31 heavy (non-hydrogen) atoms. The van der Waals surface area contributed by atoms with E-state index >= 15 is 0 Å². The second-order valence-electron chi connectivity index (χ2n) is 6.30. The average molecular weight is 506 g/mol. The number of carbonyl (C=O) groups excluding carboxylic acids is 1. The first-order valence-electron chi connectivity index (χ1n) is 8.58. The Morgan fingerprint density at radius 1 is 1.16 bits per heavy atom. The molecule has 0 aliphatic carbocycles. The maximum atomic E-state index is 12.4. The second-order valence-corrected chi connectivity index (χ2v) is 8.80. The largest absolute Gasteiger partial charge is 0.471 e. The van der Waals surface area contributed by atoms with Gasteiger partial charge in [0.2, 0.25) is 0 Å².